The van der Waals surface area contributed by atoms with Crippen molar-refractivity contribution in [1.29, 1.82) is 0 Å². The Hall–Kier alpha value is -2.91. The number of ether oxygens (including phenoxy) is 1. The maximum atomic E-state index is 12.3. The SMILES string of the molecule is Cc1cc(Br)c(Cl)cc1NC(=O)COC(=O)[C@@H]1CC(=O)N(NC(=O)c2ccccc2)C1. The van der Waals surface area contributed by atoms with Gasteiger partial charge in [-0.15, -0.1) is 0 Å². The number of benzene rings is 2. The van der Waals surface area contributed by atoms with E-state index in [9.17, 15) is 19.2 Å². The first-order chi connectivity index (χ1) is 14.7. The number of anilines is 1. The van der Waals surface area contributed by atoms with E-state index in [1.807, 2.05) is 0 Å². The van der Waals surface area contributed by atoms with E-state index in [1.54, 1.807) is 49.4 Å². The zero-order valence-electron chi connectivity index (χ0n) is 16.5. The molecule has 31 heavy (non-hydrogen) atoms. The molecule has 3 amide bonds. The first-order valence-electron chi connectivity index (χ1n) is 9.33. The normalized spacial score (nSPS) is 15.5. The van der Waals surface area contributed by atoms with Gasteiger partial charge in [-0.2, -0.15) is 0 Å². The third kappa shape index (κ3) is 5.83. The quantitative estimate of drug-likeness (QED) is 0.584. The van der Waals surface area contributed by atoms with Crippen molar-refractivity contribution >= 4 is 56.9 Å². The molecule has 0 radical (unpaired) electrons. The molecule has 2 N–H and O–H groups in total. The molecule has 2 aromatic carbocycles. The van der Waals surface area contributed by atoms with E-state index >= 15 is 0 Å². The minimum absolute atomic E-state index is 0.0285. The van der Waals surface area contributed by atoms with Gasteiger partial charge in [0.15, 0.2) is 6.61 Å². The summed E-state index contributed by atoms with van der Waals surface area (Å²) >= 11 is 9.34. The Balaban J connectivity index is 1.50. The van der Waals surface area contributed by atoms with Gasteiger partial charge in [-0.3, -0.25) is 29.6 Å². The van der Waals surface area contributed by atoms with Crippen molar-refractivity contribution in [3.63, 3.8) is 0 Å². The first-order valence-corrected chi connectivity index (χ1v) is 10.5. The van der Waals surface area contributed by atoms with Crippen LogP contribution in [0.3, 0.4) is 0 Å². The second-order valence-corrected chi connectivity index (χ2v) is 8.21. The molecule has 0 saturated carbocycles. The van der Waals surface area contributed by atoms with Gasteiger partial charge in [0, 0.05) is 22.1 Å². The van der Waals surface area contributed by atoms with E-state index in [0.717, 1.165) is 10.6 Å². The molecule has 1 atom stereocenters. The molecule has 0 spiro atoms. The summed E-state index contributed by atoms with van der Waals surface area (Å²) in [6.45, 7) is 1.26. The fourth-order valence-corrected chi connectivity index (χ4v) is 3.59. The summed E-state index contributed by atoms with van der Waals surface area (Å²) < 4.78 is 5.76. The van der Waals surface area contributed by atoms with Crippen LogP contribution in [0.15, 0.2) is 46.9 Å². The van der Waals surface area contributed by atoms with Gasteiger partial charge in [0.2, 0.25) is 5.91 Å². The average molecular weight is 509 g/mol. The maximum absolute atomic E-state index is 12.3. The minimum Gasteiger partial charge on any atom is -0.455 e. The van der Waals surface area contributed by atoms with Gasteiger partial charge in [-0.05, 0) is 52.7 Å². The molecule has 3 rings (SSSR count). The van der Waals surface area contributed by atoms with E-state index in [0.29, 0.717) is 20.7 Å². The molecule has 1 saturated heterocycles. The van der Waals surface area contributed by atoms with Crippen molar-refractivity contribution in [2.24, 2.45) is 5.92 Å². The zero-order chi connectivity index (χ0) is 22.5. The topological polar surface area (TPSA) is 105 Å². The Morgan fingerprint density at radius 2 is 1.94 bits per heavy atom. The molecule has 1 fully saturated rings. The van der Waals surface area contributed by atoms with Crippen LogP contribution in [0.5, 0.6) is 0 Å². The van der Waals surface area contributed by atoms with Crippen LogP contribution in [0, 0.1) is 12.8 Å². The van der Waals surface area contributed by atoms with E-state index in [-0.39, 0.29) is 13.0 Å². The average Bonchev–Trinajstić information content (AvgIpc) is 3.11. The number of rotatable bonds is 6. The fraction of sp³-hybridized carbons (Fsp3) is 0.238. The van der Waals surface area contributed by atoms with Crippen molar-refractivity contribution in [2.45, 2.75) is 13.3 Å². The lowest BCUT2D eigenvalue weighted by Crippen LogP contribution is -2.43. The Kier molecular flexibility index (Phi) is 7.29. The molecule has 0 bridgehead atoms. The van der Waals surface area contributed by atoms with E-state index in [2.05, 4.69) is 26.7 Å². The molecule has 10 heteroatoms. The summed E-state index contributed by atoms with van der Waals surface area (Å²) in [7, 11) is 0. The summed E-state index contributed by atoms with van der Waals surface area (Å²) in [6.07, 6.45) is -0.114. The predicted molar refractivity (Wildman–Crippen MR) is 117 cm³/mol. The van der Waals surface area contributed by atoms with E-state index < -0.39 is 36.2 Å². The van der Waals surface area contributed by atoms with Crippen LogP contribution >= 0.6 is 27.5 Å². The van der Waals surface area contributed by atoms with E-state index in [4.69, 9.17) is 16.3 Å². The number of amides is 3. The Labute approximate surface area is 192 Å². The van der Waals surface area contributed by atoms with Crippen molar-refractivity contribution in [1.82, 2.24) is 10.4 Å². The van der Waals surface area contributed by atoms with Gasteiger partial charge >= 0.3 is 5.97 Å². The number of carbonyl (C=O) groups is 4. The number of hydrazine groups is 1. The highest BCUT2D eigenvalue weighted by Crippen LogP contribution is 2.29. The number of esters is 1. The summed E-state index contributed by atoms with van der Waals surface area (Å²) in [6, 6.07) is 11.7. The molecule has 8 nitrogen and oxygen atoms in total. The predicted octanol–water partition coefficient (Wildman–Crippen LogP) is 3.09. The molecule has 0 unspecified atom stereocenters. The Morgan fingerprint density at radius 1 is 1.23 bits per heavy atom. The van der Waals surface area contributed by atoms with Crippen LogP contribution in [0.25, 0.3) is 0 Å². The highest BCUT2D eigenvalue weighted by molar-refractivity contribution is 9.10. The summed E-state index contributed by atoms with van der Waals surface area (Å²) in [5.74, 6) is -2.86. The number of halogens is 2. The largest absolute Gasteiger partial charge is 0.455 e. The van der Waals surface area contributed by atoms with Crippen molar-refractivity contribution in [2.75, 3.05) is 18.5 Å². The van der Waals surface area contributed by atoms with Crippen LogP contribution in [0.4, 0.5) is 5.69 Å². The third-order valence-electron chi connectivity index (χ3n) is 4.62. The Morgan fingerprint density at radius 3 is 2.65 bits per heavy atom. The number of nitrogens with one attached hydrogen (secondary N) is 2. The molecular weight excluding hydrogens is 490 g/mol. The lowest BCUT2D eigenvalue weighted by atomic mass is 10.1. The lowest BCUT2D eigenvalue weighted by molar-refractivity contribution is -0.151. The van der Waals surface area contributed by atoms with Gasteiger partial charge in [0.1, 0.15) is 0 Å². The third-order valence-corrected chi connectivity index (χ3v) is 5.81. The first kappa shape index (κ1) is 22.8. The van der Waals surface area contributed by atoms with Crippen LogP contribution in [-0.4, -0.2) is 41.9 Å². The molecule has 1 aliphatic rings. The van der Waals surface area contributed by atoms with Crippen molar-refractivity contribution in [3.8, 4) is 0 Å². The van der Waals surface area contributed by atoms with Gasteiger partial charge < -0.3 is 10.1 Å². The van der Waals surface area contributed by atoms with Gasteiger partial charge in [0.25, 0.3) is 11.8 Å². The fourth-order valence-electron chi connectivity index (χ4n) is 2.97. The van der Waals surface area contributed by atoms with Crippen molar-refractivity contribution in [3.05, 3.63) is 63.1 Å². The van der Waals surface area contributed by atoms with Crippen molar-refractivity contribution < 1.29 is 23.9 Å². The molecule has 162 valence electrons. The van der Waals surface area contributed by atoms with Crippen LogP contribution in [0.2, 0.25) is 5.02 Å². The molecule has 1 heterocycles. The molecule has 0 aliphatic carbocycles. The highest BCUT2D eigenvalue weighted by Gasteiger charge is 2.36. The molecule has 2 aromatic rings. The minimum atomic E-state index is -0.778. The smallest absolute Gasteiger partial charge is 0.311 e. The molecule has 1 aliphatic heterocycles. The summed E-state index contributed by atoms with van der Waals surface area (Å²) in [4.78, 5) is 48.8. The van der Waals surface area contributed by atoms with Crippen LogP contribution < -0.4 is 10.7 Å². The second-order valence-electron chi connectivity index (χ2n) is 6.95. The number of hydrogen-bond donors (Lipinski definition) is 2. The number of nitrogens with zero attached hydrogens (tertiary/aromatic N) is 1. The van der Waals surface area contributed by atoms with Crippen LogP contribution in [0.1, 0.15) is 22.3 Å². The van der Waals surface area contributed by atoms with Gasteiger partial charge in [-0.25, -0.2) is 0 Å². The maximum Gasteiger partial charge on any atom is 0.311 e. The monoisotopic (exact) mass is 507 g/mol. The summed E-state index contributed by atoms with van der Waals surface area (Å²) in [5.41, 5.74) is 4.15. The van der Waals surface area contributed by atoms with E-state index in [1.165, 1.54) is 0 Å². The second kappa shape index (κ2) is 9.93. The highest BCUT2D eigenvalue weighted by atomic mass is 79.9. The number of hydrogen-bond acceptors (Lipinski definition) is 5. The molecule has 0 aromatic heterocycles. The van der Waals surface area contributed by atoms with Gasteiger partial charge in [0.05, 0.1) is 17.5 Å². The summed E-state index contributed by atoms with van der Waals surface area (Å²) in [5, 5.41) is 4.15. The zero-order valence-corrected chi connectivity index (χ0v) is 18.8. The Bertz CT molecular complexity index is 1030. The standard InChI is InChI=1S/C21H19BrClN3O5/c1-12-7-15(22)16(23)9-17(12)24-18(27)11-31-21(30)14-8-19(28)26(10-14)25-20(29)13-5-3-2-4-6-13/h2-7,9,14H,8,10-11H2,1H3,(H,24,27)(H,25,29)/t14-/m1/s1. The number of carbonyl (C=O) groups excluding carboxylic acids is 4. The number of aryl methyl sites for hydroxylation is 1. The molecular formula is C21H19BrClN3O5. The van der Waals surface area contributed by atoms with Crippen LogP contribution in [-0.2, 0) is 19.1 Å². The van der Waals surface area contributed by atoms with Gasteiger partial charge in [-0.1, -0.05) is 29.8 Å². The lowest BCUT2D eigenvalue weighted by Gasteiger charge is -2.17.